The lowest BCUT2D eigenvalue weighted by Gasteiger charge is -2.47. The molecule has 2 aromatic rings. The van der Waals surface area contributed by atoms with Crippen molar-refractivity contribution in [1.82, 2.24) is 0 Å². The fraction of sp³-hybridized carbons (Fsp3) is 0.429. The summed E-state index contributed by atoms with van der Waals surface area (Å²) in [6.45, 7) is 10.7. The van der Waals surface area contributed by atoms with Gasteiger partial charge in [-0.1, -0.05) is 37.3 Å². The number of anilines is 1. The molecule has 0 N–H and O–H groups in total. The monoisotopic (exact) mass is 309 g/mol. The first-order valence-electron chi connectivity index (χ1n) is 8.59. The summed E-state index contributed by atoms with van der Waals surface area (Å²) in [6, 6.07) is 17.4. The van der Waals surface area contributed by atoms with Crippen LogP contribution in [0, 0.1) is 0 Å². The Balaban J connectivity index is 1.89. The lowest BCUT2D eigenvalue weighted by molar-refractivity contribution is 0.340. The van der Waals surface area contributed by atoms with Gasteiger partial charge in [0.25, 0.3) is 0 Å². The summed E-state index contributed by atoms with van der Waals surface area (Å²) in [5.41, 5.74) is 4.33. The lowest BCUT2D eigenvalue weighted by atomic mass is 9.80. The second kappa shape index (κ2) is 6.27. The Morgan fingerprint density at radius 2 is 1.78 bits per heavy atom. The van der Waals surface area contributed by atoms with Crippen LogP contribution in [0.5, 0.6) is 5.75 Å². The Morgan fingerprint density at radius 1 is 1.09 bits per heavy atom. The molecule has 0 amide bonds. The van der Waals surface area contributed by atoms with Crippen molar-refractivity contribution < 1.29 is 4.74 Å². The minimum Gasteiger partial charge on any atom is -0.494 e. The van der Waals surface area contributed by atoms with Crippen LogP contribution in [0.4, 0.5) is 5.69 Å². The first-order valence-corrected chi connectivity index (χ1v) is 8.59. The average molecular weight is 309 g/mol. The summed E-state index contributed by atoms with van der Waals surface area (Å²) in [6.07, 6.45) is 1.18. The molecule has 0 saturated carbocycles. The van der Waals surface area contributed by atoms with Crippen molar-refractivity contribution in [3.8, 4) is 5.75 Å². The van der Waals surface area contributed by atoms with Crippen molar-refractivity contribution >= 4 is 5.69 Å². The average Bonchev–Trinajstić information content (AvgIpc) is 2.53. The Morgan fingerprint density at radius 3 is 2.48 bits per heavy atom. The number of hydrogen-bond donors (Lipinski definition) is 0. The van der Waals surface area contributed by atoms with E-state index in [0.29, 0.717) is 12.5 Å². The highest BCUT2D eigenvalue weighted by Crippen LogP contribution is 2.43. The summed E-state index contributed by atoms with van der Waals surface area (Å²) in [4.78, 5) is 2.55. The molecule has 2 nitrogen and oxygen atoms in total. The predicted octanol–water partition coefficient (Wildman–Crippen LogP) is 5.38. The van der Waals surface area contributed by atoms with E-state index in [1.807, 2.05) is 6.92 Å². The third kappa shape index (κ3) is 3.21. The first kappa shape index (κ1) is 15.9. The molecule has 1 atom stereocenters. The first-order chi connectivity index (χ1) is 11.0. The molecule has 1 unspecified atom stereocenters. The van der Waals surface area contributed by atoms with Gasteiger partial charge < -0.3 is 9.64 Å². The van der Waals surface area contributed by atoms with Crippen molar-refractivity contribution in [2.24, 2.45) is 0 Å². The lowest BCUT2D eigenvalue weighted by Crippen LogP contribution is -2.47. The highest BCUT2D eigenvalue weighted by Gasteiger charge is 2.35. The third-order valence-electron chi connectivity index (χ3n) is 4.87. The van der Waals surface area contributed by atoms with E-state index in [1.165, 1.54) is 23.2 Å². The molecule has 2 heteroatoms. The predicted molar refractivity (Wildman–Crippen MR) is 97.3 cm³/mol. The van der Waals surface area contributed by atoms with Gasteiger partial charge in [0.2, 0.25) is 0 Å². The van der Waals surface area contributed by atoms with Gasteiger partial charge in [0, 0.05) is 17.8 Å². The second-order valence-corrected chi connectivity index (χ2v) is 7.14. The number of para-hydroxylation sites is 1. The molecule has 0 saturated heterocycles. The minimum absolute atomic E-state index is 0.159. The van der Waals surface area contributed by atoms with Crippen LogP contribution in [0.2, 0.25) is 0 Å². The van der Waals surface area contributed by atoms with Crippen LogP contribution < -0.4 is 9.64 Å². The molecular formula is C21H27NO. The van der Waals surface area contributed by atoms with Gasteiger partial charge >= 0.3 is 0 Å². The molecule has 1 aliphatic rings. The van der Waals surface area contributed by atoms with Crippen LogP contribution in [0.25, 0.3) is 0 Å². The van der Waals surface area contributed by atoms with Gasteiger partial charge in [-0.3, -0.25) is 0 Å². The number of fused-ring (bicyclic) bond motifs is 1. The topological polar surface area (TPSA) is 12.5 Å². The number of benzene rings is 2. The summed E-state index contributed by atoms with van der Waals surface area (Å²) in [5, 5.41) is 0. The zero-order valence-electron chi connectivity index (χ0n) is 14.7. The van der Waals surface area contributed by atoms with E-state index in [0.717, 1.165) is 12.3 Å². The Labute approximate surface area is 140 Å². The standard InChI is InChI=1S/C21H27NO/c1-5-23-18-12-10-17(11-13-18)15-22-20-9-7-6-8-19(20)16(2)14-21(22,3)4/h6-13,16H,5,14-15H2,1-4H3. The Bertz CT molecular complexity index is 660. The second-order valence-electron chi connectivity index (χ2n) is 7.14. The van der Waals surface area contributed by atoms with Gasteiger partial charge in [-0.2, -0.15) is 0 Å². The molecule has 122 valence electrons. The van der Waals surface area contributed by atoms with Crippen molar-refractivity contribution in [3.05, 3.63) is 59.7 Å². The fourth-order valence-electron chi connectivity index (χ4n) is 3.79. The van der Waals surface area contributed by atoms with Crippen LogP contribution in [-0.2, 0) is 6.54 Å². The molecule has 2 aromatic carbocycles. The van der Waals surface area contributed by atoms with Gasteiger partial charge in [0.05, 0.1) is 6.61 Å². The van der Waals surface area contributed by atoms with Crippen molar-refractivity contribution in [2.75, 3.05) is 11.5 Å². The number of hydrogen-bond acceptors (Lipinski definition) is 2. The smallest absolute Gasteiger partial charge is 0.119 e. The summed E-state index contributed by atoms with van der Waals surface area (Å²) >= 11 is 0. The van der Waals surface area contributed by atoms with Crippen LogP contribution in [0.3, 0.4) is 0 Å². The van der Waals surface area contributed by atoms with Gasteiger partial charge in [0.1, 0.15) is 5.75 Å². The van der Waals surface area contributed by atoms with Crippen LogP contribution in [0.15, 0.2) is 48.5 Å². The van der Waals surface area contributed by atoms with Gasteiger partial charge in [-0.05, 0) is 62.4 Å². The van der Waals surface area contributed by atoms with Gasteiger partial charge in [-0.15, -0.1) is 0 Å². The van der Waals surface area contributed by atoms with Crippen LogP contribution in [-0.4, -0.2) is 12.1 Å². The number of nitrogens with zero attached hydrogens (tertiary/aromatic N) is 1. The quantitative estimate of drug-likeness (QED) is 0.752. The molecule has 23 heavy (non-hydrogen) atoms. The van der Waals surface area contributed by atoms with Crippen molar-refractivity contribution in [3.63, 3.8) is 0 Å². The Kier molecular flexibility index (Phi) is 4.34. The normalized spacial score (nSPS) is 19.3. The molecule has 0 aromatic heterocycles. The van der Waals surface area contributed by atoms with Gasteiger partial charge in [-0.25, -0.2) is 0 Å². The van der Waals surface area contributed by atoms with E-state index < -0.39 is 0 Å². The minimum atomic E-state index is 0.159. The largest absolute Gasteiger partial charge is 0.494 e. The van der Waals surface area contributed by atoms with E-state index in [2.05, 4.69) is 74.2 Å². The van der Waals surface area contributed by atoms with Crippen molar-refractivity contribution in [2.45, 2.75) is 52.1 Å². The maximum absolute atomic E-state index is 5.55. The van der Waals surface area contributed by atoms with E-state index in [4.69, 9.17) is 4.74 Å². The zero-order chi connectivity index (χ0) is 16.4. The van der Waals surface area contributed by atoms with Crippen LogP contribution >= 0.6 is 0 Å². The highest BCUT2D eigenvalue weighted by molar-refractivity contribution is 5.59. The number of rotatable bonds is 4. The van der Waals surface area contributed by atoms with Gasteiger partial charge in [0.15, 0.2) is 0 Å². The van der Waals surface area contributed by atoms with E-state index in [-0.39, 0.29) is 5.54 Å². The molecule has 0 aliphatic carbocycles. The zero-order valence-corrected chi connectivity index (χ0v) is 14.7. The fourth-order valence-corrected chi connectivity index (χ4v) is 3.79. The molecule has 0 bridgehead atoms. The summed E-state index contributed by atoms with van der Waals surface area (Å²) in [7, 11) is 0. The highest BCUT2D eigenvalue weighted by atomic mass is 16.5. The molecule has 0 spiro atoms. The third-order valence-corrected chi connectivity index (χ3v) is 4.87. The van der Waals surface area contributed by atoms with E-state index in [9.17, 15) is 0 Å². The van der Waals surface area contributed by atoms with E-state index in [1.54, 1.807) is 0 Å². The molecule has 0 fully saturated rings. The molecule has 3 rings (SSSR count). The van der Waals surface area contributed by atoms with Crippen molar-refractivity contribution in [1.29, 1.82) is 0 Å². The maximum Gasteiger partial charge on any atom is 0.119 e. The maximum atomic E-state index is 5.55. The molecule has 0 radical (unpaired) electrons. The molecular weight excluding hydrogens is 282 g/mol. The Hall–Kier alpha value is -1.96. The summed E-state index contributed by atoms with van der Waals surface area (Å²) < 4.78 is 5.55. The summed E-state index contributed by atoms with van der Waals surface area (Å²) in [5.74, 6) is 1.56. The molecule has 1 heterocycles. The number of ether oxygens (including phenoxy) is 1. The SMILES string of the molecule is CCOc1ccc(CN2c3ccccc3C(C)CC2(C)C)cc1. The van der Waals surface area contributed by atoms with Crippen LogP contribution in [0.1, 0.15) is 51.2 Å². The molecule has 1 aliphatic heterocycles. The van der Waals surface area contributed by atoms with E-state index >= 15 is 0 Å².